The quantitative estimate of drug-likeness (QED) is 0.502. The Labute approximate surface area is 168 Å². The van der Waals surface area contributed by atoms with Crippen LogP contribution in [0.15, 0.2) is 53.1 Å². The van der Waals surface area contributed by atoms with Crippen LogP contribution in [0.4, 0.5) is 0 Å². The summed E-state index contributed by atoms with van der Waals surface area (Å²) < 4.78 is 11.0. The van der Waals surface area contributed by atoms with Crippen molar-refractivity contribution in [2.24, 2.45) is 0 Å². The Hall–Kier alpha value is -3.61. The Kier molecular flexibility index (Phi) is 5.29. The lowest BCUT2D eigenvalue weighted by atomic mass is 10.1. The van der Waals surface area contributed by atoms with Crippen LogP contribution in [0.3, 0.4) is 0 Å². The maximum absolute atomic E-state index is 12.7. The van der Waals surface area contributed by atoms with Gasteiger partial charge in [-0.05, 0) is 38.1 Å². The van der Waals surface area contributed by atoms with Crippen LogP contribution in [0.25, 0.3) is 11.0 Å². The molecule has 4 rings (SSSR count). The van der Waals surface area contributed by atoms with E-state index < -0.39 is 0 Å². The fourth-order valence-corrected chi connectivity index (χ4v) is 3.15. The zero-order chi connectivity index (χ0) is 20.2. The summed E-state index contributed by atoms with van der Waals surface area (Å²) in [5.74, 6) is 1.90. The number of imidazole rings is 1. The number of aromatic nitrogens is 3. The Morgan fingerprint density at radius 3 is 2.72 bits per heavy atom. The van der Waals surface area contributed by atoms with Crippen LogP contribution >= 0.6 is 0 Å². The molecule has 148 valence electrons. The highest BCUT2D eigenvalue weighted by Crippen LogP contribution is 2.21. The molecule has 0 aliphatic rings. The molecule has 0 fully saturated rings. The number of H-pyrrole nitrogens is 1. The fourth-order valence-electron chi connectivity index (χ4n) is 3.15. The number of hydrogen-bond acceptors (Lipinski definition) is 5. The van der Waals surface area contributed by atoms with Gasteiger partial charge in [-0.2, -0.15) is 0 Å². The number of carbonyl (C=O) groups is 1. The van der Waals surface area contributed by atoms with Gasteiger partial charge in [0.1, 0.15) is 23.9 Å². The third kappa shape index (κ3) is 4.13. The summed E-state index contributed by atoms with van der Waals surface area (Å²) >= 11 is 0. The number of rotatable bonds is 7. The van der Waals surface area contributed by atoms with E-state index in [1.807, 2.05) is 50.2 Å². The lowest BCUT2D eigenvalue weighted by Crippen LogP contribution is -2.26. The van der Waals surface area contributed by atoms with Gasteiger partial charge in [0.05, 0.1) is 27.9 Å². The number of benzene rings is 2. The molecule has 4 aromatic rings. The molecular formula is C22H22N4O3. The van der Waals surface area contributed by atoms with Crippen molar-refractivity contribution in [1.29, 1.82) is 0 Å². The molecule has 0 aliphatic heterocycles. The largest absolute Gasteiger partial charge is 0.488 e. The molecule has 2 aromatic carbocycles. The molecule has 7 nitrogen and oxygen atoms in total. The number of nitrogens with one attached hydrogen (secondary N) is 2. The average Bonchev–Trinajstić information content (AvgIpc) is 3.29. The predicted octanol–water partition coefficient (Wildman–Crippen LogP) is 3.72. The van der Waals surface area contributed by atoms with E-state index in [-0.39, 0.29) is 5.91 Å². The molecule has 0 saturated carbocycles. The Bertz CT molecular complexity index is 1090. The van der Waals surface area contributed by atoms with E-state index in [1.165, 1.54) is 0 Å². The molecule has 0 atom stereocenters. The first-order valence-electron chi connectivity index (χ1n) is 9.47. The van der Waals surface area contributed by atoms with Gasteiger partial charge in [0, 0.05) is 13.0 Å². The standard InChI is InChI=1S/C22H22N4O3/c1-14-17(15(2)29-26-14)13-28-20-10-6-3-7-16(20)22(27)23-12-11-21-24-18-8-4-5-9-19(18)25-21/h3-10H,11-13H2,1-2H3,(H,23,27)(H,24,25). The summed E-state index contributed by atoms with van der Waals surface area (Å²) in [4.78, 5) is 20.5. The third-order valence-corrected chi connectivity index (χ3v) is 4.77. The van der Waals surface area contributed by atoms with Gasteiger partial charge in [-0.15, -0.1) is 0 Å². The van der Waals surface area contributed by atoms with E-state index in [0.29, 0.717) is 30.9 Å². The predicted molar refractivity (Wildman–Crippen MR) is 109 cm³/mol. The average molecular weight is 390 g/mol. The van der Waals surface area contributed by atoms with Crippen molar-refractivity contribution < 1.29 is 14.1 Å². The summed E-state index contributed by atoms with van der Waals surface area (Å²) in [7, 11) is 0. The molecule has 0 bridgehead atoms. The van der Waals surface area contributed by atoms with Gasteiger partial charge in [0.2, 0.25) is 0 Å². The number of aryl methyl sites for hydroxylation is 2. The highest BCUT2D eigenvalue weighted by molar-refractivity contribution is 5.96. The Morgan fingerprint density at radius 2 is 1.93 bits per heavy atom. The van der Waals surface area contributed by atoms with E-state index in [4.69, 9.17) is 9.26 Å². The summed E-state index contributed by atoms with van der Waals surface area (Å²) in [5, 5.41) is 6.87. The second kappa shape index (κ2) is 8.18. The second-order valence-corrected chi connectivity index (χ2v) is 6.79. The molecule has 7 heteroatoms. The van der Waals surface area contributed by atoms with Crippen molar-refractivity contribution >= 4 is 16.9 Å². The number of aromatic amines is 1. The lowest BCUT2D eigenvalue weighted by molar-refractivity contribution is 0.0949. The van der Waals surface area contributed by atoms with Crippen molar-refractivity contribution in [2.45, 2.75) is 26.9 Å². The third-order valence-electron chi connectivity index (χ3n) is 4.77. The van der Waals surface area contributed by atoms with Crippen molar-refractivity contribution in [3.63, 3.8) is 0 Å². The number of ether oxygens (including phenoxy) is 1. The van der Waals surface area contributed by atoms with Gasteiger partial charge in [-0.25, -0.2) is 4.98 Å². The monoisotopic (exact) mass is 390 g/mol. The van der Waals surface area contributed by atoms with E-state index >= 15 is 0 Å². The molecule has 2 aromatic heterocycles. The molecule has 0 aliphatic carbocycles. The van der Waals surface area contributed by atoms with E-state index in [1.54, 1.807) is 12.1 Å². The molecule has 0 saturated heterocycles. The molecule has 0 radical (unpaired) electrons. The van der Waals surface area contributed by atoms with Crippen LogP contribution in [-0.4, -0.2) is 27.6 Å². The van der Waals surface area contributed by atoms with E-state index in [2.05, 4.69) is 20.4 Å². The number of amides is 1. The van der Waals surface area contributed by atoms with Crippen LogP contribution < -0.4 is 10.1 Å². The minimum Gasteiger partial charge on any atom is -0.488 e. The van der Waals surface area contributed by atoms with Crippen molar-refractivity contribution in [1.82, 2.24) is 20.4 Å². The summed E-state index contributed by atoms with van der Waals surface area (Å²) in [6.45, 7) is 4.47. The number of fused-ring (bicyclic) bond motifs is 1. The van der Waals surface area contributed by atoms with Gasteiger partial charge in [-0.1, -0.05) is 29.4 Å². The second-order valence-electron chi connectivity index (χ2n) is 6.79. The number of carbonyl (C=O) groups excluding carboxylic acids is 1. The van der Waals surface area contributed by atoms with Crippen LogP contribution in [0.5, 0.6) is 5.75 Å². The van der Waals surface area contributed by atoms with Crippen molar-refractivity contribution in [3.8, 4) is 5.75 Å². The van der Waals surface area contributed by atoms with Crippen LogP contribution in [0.1, 0.15) is 33.2 Å². The maximum Gasteiger partial charge on any atom is 0.255 e. The first kappa shape index (κ1) is 18.7. The minimum atomic E-state index is -0.185. The number of para-hydroxylation sites is 3. The molecule has 0 unspecified atom stereocenters. The van der Waals surface area contributed by atoms with Crippen molar-refractivity contribution in [3.05, 3.63) is 76.9 Å². The summed E-state index contributed by atoms with van der Waals surface area (Å²) in [6.07, 6.45) is 0.614. The Morgan fingerprint density at radius 1 is 1.14 bits per heavy atom. The zero-order valence-electron chi connectivity index (χ0n) is 16.4. The highest BCUT2D eigenvalue weighted by Gasteiger charge is 2.15. The maximum atomic E-state index is 12.7. The smallest absolute Gasteiger partial charge is 0.255 e. The number of hydrogen-bond donors (Lipinski definition) is 2. The van der Waals surface area contributed by atoms with Crippen molar-refractivity contribution in [2.75, 3.05) is 6.54 Å². The summed E-state index contributed by atoms with van der Waals surface area (Å²) in [6, 6.07) is 15.0. The first-order valence-corrected chi connectivity index (χ1v) is 9.47. The van der Waals surface area contributed by atoms with Gasteiger partial charge in [0.15, 0.2) is 0 Å². The first-order chi connectivity index (χ1) is 14.1. The van der Waals surface area contributed by atoms with E-state index in [9.17, 15) is 4.79 Å². The zero-order valence-corrected chi connectivity index (χ0v) is 16.4. The topological polar surface area (TPSA) is 93.0 Å². The van der Waals surface area contributed by atoms with E-state index in [0.717, 1.165) is 33.9 Å². The van der Waals surface area contributed by atoms with Gasteiger partial charge in [-0.3, -0.25) is 4.79 Å². The fraction of sp³-hybridized carbons (Fsp3) is 0.227. The van der Waals surface area contributed by atoms with Gasteiger partial charge in [0.25, 0.3) is 5.91 Å². The minimum absolute atomic E-state index is 0.185. The van der Waals surface area contributed by atoms with Gasteiger partial charge < -0.3 is 19.6 Å². The number of nitrogens with zero attached hydrogens (tertiary/aromatic N) is 2. The molecule has 2 heterocycles. The SMILES string of the molecule is Cc1noc(C)c1COc1ccccc1C(=O)NCCc1nc2ccccc2[nH]1. The highest BCUT2D eigenvalue weighted by atomic mass is 16.5. The molecule has 2 N–H and O–H groups in total. The van der Waals surface area contributed by atoms with Crippen LogP contribution in [0.2, 0.25) is 0 Å². The molecule has 1 amide bonds. The Balaban J connectivity index is 1.38. The molecular weight excluding hydrogens is 368 g/mol. The lowest BCUT2D eigenvalue weighted by Gasteiger charge is -2.11. The van der Waals surface area contributed by atoms with Gasteiger partial charge >= 0.3 is 0 Å². The summed E-state index contributed by atoms with van der Waals surface area (Å²) in [5.41, 5.74) is 4.09. The normalized spacial score (nSPS) is 11.0. The van der Waals surface area contributed by atoms with Crippen LogP contribution in [-0.2, 0) is 13.0 Å². The molecule has 0 spiro atoms. The van der Waals surface area contributed by atoms with Crippen LogP contribution in [0, 0.1) is 13.8 Å². The molecule has 29 heavy (non-hydrogen) atoms.